The number of carboxylic acids is 1. The fourth-order valence-electron chi connectivity index (χ4n) is 3.28. The zero-order chi connectivity index (χ0) is 23.6. The van der Waals surface area contributed by atoms with Crippen LogP contribution in [-0.4, -0.2) is 71.5 Å². The summed E-state index contributed by atoms with van der Waals surface area (Å²) in [5, 5.41) is 12.4. The first-order valence-electron chi connectivity index (χ1n) is 9.49. The molecule has 2 saturated heterocycles. The third kappa shape index (κ3) is 4.72. The number of ether oxygens (including phenoxy) is 1. The van der Waals surface area contributed by atoms with Crippen molar-refractivity contribution in [1.29, 1.82) is 0 Å². The first kappa shape index (κ1) is 23.2. The van der Waals surface area contributed by atoms with Gasteiger partial charge in [-0.3, -0.25) is 29.4 Å². The molecule has 13 heteroatoms. The Kier molecular flexibility index (Phi) is 6.48. The second kappa shape index (κ2) is 8.94. The van der Waals surface area contributed by atoms with Crippen LogP contribution in [0.4, 0.5) is 13.2 Å². The van der Waals surface area contributed by atoms with Crippen LogP contribution in [0.1, 0.15) is 33.6 Å². The molecule has 1 unspecified atom stereocenters. The van der Waals surface area contributed by atoms with Crippen molar-refractivity contribution in [2.24, 2.45) is 5.92 Å². The summed E-state index contributed by atoms with van der Waals surface area (Å²) < 4.78 is 37.5. The summed E-state index contributed by atoms with van der Waals surface area (Å²) in [5.41, 5.74) is 0.434. The van der Waals surface area contributed by atoms with Crippen LogP contribution in [0, 0.1) is 5.92 Å². The minimum Gasteiger partial charge on any atom is -0.492 e. The number of hydrogen-bond acceptors (Lipinski definition) is 7. The Morgan fingerprint density at radius 3 is 2.34 bits per heavy atom. The van der Waals surface area contributed by atoms with Crippen molar-refractivity contribution in [3.8, 4) is 5.75 Å². The largest absolute Gasteiger partial charge is 0.492 e. The number of rotatable bonds is 4. The zero-order valence-electron chi connectivity index (χ0n) is 16.4. The normalized spacial score (nSPS) is 20.7. The van der Waals surface area contributed by atoms with Crippen LogP contribution in [0.3, 0.4) is 0 Å². The summed E-state index contributed by atoms with van der Waals surface area (Å²) >= 11 is 0. The van der Waals surface area contributed by atoms with Gasteiger partial charge in [-0.1, -0.05) is 6.07 Å². The average molecular weight is 457 g/mol. The molecule has 1 aromatic carbocycles. The number of piperidine rings is 1. The lowest BCUT2D eigenvalue weighted by atomic mass is 10.0. The fraction of sp³-hybridized carbons (Fsp3) is 0.421. The first-order valence-corrected chi connectivity index (χ1v) is 9.49. The second-order valence-electron chi connectivity index (χ2n) is 7.26. The molecule has 0 saturated carbocycles. The number of carboxylic acid groups (broad SMARTS) is 1. The quantitative estimate of drug-likeness (QED) is 0.549. The van der Waals surface area contributed by atoms with Crippen LogP contribution < -0.4 is 15.4 Å². The van der Waals surface area contributed by atoms with Crippen LogP contribution in [-0.2, 0) is 14.4 Å². The number of hydrogen-bond donors (Lipinski definition) is 3. The molecule has 3 aliphatic rings. The van der Waals surface area contributed by atoms with E-state index in [4.69, 9.17) is 14.6 Å². The van der Waals surface area contributed by atoms with Crippen molar-refractivity contribution in [3.05, 3.63) is 29.3 Å². The predicted octanol–water partition coefficient (Wildman–Crippen LogP) is 0.319. The molecular weight excluding hydrogens is 439 g/mol. The van der Waals surface area contributed by atoms with Crippen molar-refractivity contribution in [2.75, 3.05) is 19.7 Å². The summed E-state index contributed by atoms with van der Waals surface area (Å²) in [6, 6.07) is 3.91. The van der Waals surface area contributed by atoms with Crippen LogP contribution >= 0.6 is 0 Å². The average Bonchev–Trinajstić information content (AvgIpc) is 2.92. The van der Waals surface area contributed by atoms with Gasteiger partial charge in [0.1, 0.15) is 11.8 Å². The number of carbonyl (C=O) groups is 5. The SMILES string of the molecule is O=C(O)C(F)(F)F.O=C1CCC(N2C(=O)c3cccc(OCC4CNC4)c3C2=O)C(=O)N1. The minimum absolute atomic E-state index is 0.0991. The van der Waals surface area contributed by atoms with E-state index in [-0.39, 0.29) is 24.0 Å². The molecule has 32 heavy (non-hydrogen) atoms. The maximum Gasteiger partial charge on any atom is 0.490 e. The second-order valence-corrected chi connectivity index (χ2v) is 7.26. The third-order valence-electron chi connectivity index (χ3n) is 5.01. The highest BCUT2D eigenvalue weighted by atomic mass is 19.4. The molecule has 0 radical (unpaired) electrons. The number of nitrogens with one attached hydrogen (secondary N) is 2. The molecule has 0 spiro atoms. The number of aliphatic carboxylic acids is 1. The molecule has 3 heterocycles. The van der Waals surface area contributed by atoms with Gasteiger partial charge >= 0.3 is 12.1 Å². The van der Waals surface area contributed by atoms with Gasteiger partial charge < -0.3 is 15.2 Å². The number of benzene rings is 1. The number of carbonyl (C=O) groups excluding carboxylic acids is 4. The molecule has 1 aromatic rings. The Morgan fingerprint density at radius 1 is 1.16 bits per heavy atom. The van der Waals surface area contributed by atoms with Crippen LogP contribution in [0.2, 0.25) is 0 Å². The van der Waals surface area contributed by atoms with Crippen molar-refractivity contribution in [3.63, 3.8) is 0 Å². The van der Waals surface area contributed by atoms with Crippen molar-refractivity contribution in [2.45, 2.75) is 25.1 Å². The van der Waals surface area contributed by atoms with Crippen LogP contribution in [0.5, 0.6) is 5.75 Å². The lowest BCUT2D eigenvalue weighted by Crippen LogP contribution is -2.54. The topological polar surface area (TPSA) is 142 Å². The summed E-state index contributed by atoms with van der Waals surface area (Å²) in [5.74, 6) is -4.09. The van der Waals surface area contributed by atoms with Gasteiger partial charge in [-0.15, -0.1) is 0 Å². The van der Waals surface area contributed by atoms with E-state index in [2.05, 4.69) is 10.6 Å². The zero-order valence-corrected chi connectivity index (χ0v) is 16.4. The van der Waals surface area contributed by atoms with Crippen molar-refractivity contribution < 1.29 is 47.0 Å². The maximum atomic E-state index is 12.8. The van der Waals surface area contributed by atoms with Gasteiger partial charge in [-0.05, 0) is 18.6 Å². The van der Waals surface area contributed by atoms with Gasteiger partial charge in [0.05, 0.1) is 17.7 Å². The van der Waals surface area contributed by atoms with Gasteiger partial charge in [-0.2, -0.15) is 13.2 Å². The number of amides is 4. The maximum absolute atomic E-state index is 12.8. The van der Waals surface area contributed by atoms with Gasteiger partial charge in [0.25, 0.3) is 11.8 Å². The number of fused-ring (bicyclic) bond motifs is 1. The van der Waals surface area contributed by atoms with E-state index >= 15 is 0 Å². The monoisotopic (exact) mass is 457 g/mol. The molecule has 3 aliphatic heterocycles. The van der Waals surface area contributed by atoms with Crippen molar-refractivity contribution >= 4 is 29.6 Å². The lowest BCUT2D eigenvalue weighted by Gasteiger charge is -2.28. The molecule has 172 valence electrons. The molecule has 10 nitrogen and oxygen atoms in total. The van der Waals surface area contributed by atoms with E-state index in [9.17, 15) is 32.3 Å². The Bertz CT molecular complexity index is 975. The highest BCUT2D eigenvalue weighted by Gasteiger charge is 2.46. The standard InChI is InChI=1S/C17H17N3O5.C2HF3O2/c21-13-5-4-11(15(22)19-13)20-16(23)10-2-1-3-12(14(10)17(20)24)25-8-9-6-18-7-9;3-2(4,5)1(6)7/h1-3,9,11,18H,4-8H2,(H,19,21,22);(H,6,7). The molecule has 0 bridgehead atoms. The lowest BCUT2D eigenvalue weighted by molar-refractivity contribution is -0.192. The fourth-order valence-corrected chi connectivity index (χ4v) is 3.28. The van der Waals surface area contributed by atoms with Crippen LogP contribution in [0.25, 0.3) is 0 Å². The van der Waals surface area contributed by atoms with Gasteiger partial charge in [-0.25, -0.2) is 4.79 Å². The van der Waals surface area contributed by atoms with E-state index in [0.717, 1.165) is 18.0 Å². The molecule has 0 aliphatic carbocycles. The Hall–Kier alpha value is -3.48. The van der Waals surface area contributed by atoms with E-state index < -0.39 is 41.8 Å². The highest BCUT2D eigenvalue weighted by Crippen LogP contribution is 2.33. The van der Waals surface area contributed by atoms with Gasteiger partial charge in [0.15, 0.2) is 0 Å². The predicted molar refractivity (Wildman–Crippen MR) is 98.7 cm³/mol. The minimum atomic E-state index is -5.08. The number of nitrogens with zero attached hydrogens (tertiary/aromatic N) is 1. The third-order valence-corrected chi connectivity index (χ3v) is 5.01. The molecule has 1 atom stereocenters. The Balaban J connectivity index is 0.000000360. The summed E-state index contributed by atoms with van der Waals surface area (Å²) in [6.07, 6.45) is -4.85. The van der Waals surface area contributed by atoms with Crippen molar-refractivity contribution in [1.82, 2.24) is 15.5 Å². The highest BCUT2D eigenvalue weighted by molar-refractivity contribution is 6.24. The first-order chi connectivity index (χ1) is 15.0. The summed E-state index contributed by atoms with van der Waals surface area (Å²) in [7, 11) is 0. The van der Waals surface area contributed by atoms with E-state index in [1.165, 1.54) is 0 Å². The number of halogens is 3. The Labute approximate surface area is 178 Å². The molecule has 4 rings (SSSR count). The number of imide groups is 2. The van der Waals surface area contributed by atoms with E-state index in [1.807, 2.05) is 0 Å². The van der Waals surface area contributed by atoms with Crippen LogP contribution in [0.15, 0.2) is 18.2 Å². The molecule has 4 amide bonds. The molecule has 2 fully saturated rings. The Morgan fingerprint density at radius 2 is 1.81 bits per heavy atom. The number of alkyl halides is 3. The molecule has 3 N–H and O–H groups in total. The smallest absolute Gasteiger partial charge is 0.490 e. The molecule has 0 aromatic heterocycles. The summed E-state index contributed by atoms with van der Waals surface area (Å²) in [4.78, 5) is 58.7. The van der Waals surface area contributed by atoms with Gasteiger partial charge in [0, 0.05) is 25.4 Å². The molecular formula is C19H18F3N3O7. The van der Waals surface area contributed by atoms with E-state index in [1.54, 1.807) is 18.2 Å². The summed E-state index contributed by atoms with van der Waals surface area (Å²) in [6.45, 7) is 2.19. The van der Waals surface area contributed by atoms with Gasteiger partial charge in [0.2, 0.25) is 11.8 Å². The van der Waals surface area contributed by atoms with E-state index in [0.29, 0.717) is 18.3 Å².